The lowest BCUT2D eigenvalue weighted by molar-refractivity contribution is 0.199. The van der Waals surface area contributed by atoms with Crippen LogP contribution in [0.25, 0.3) is 0 Å². The van der Waals surface area contributed by atoms with Gasteiger partial charge in [-0.1, -0.05) is 19.9 Å². The fourth-order valence-corrected chi connectivity index (χ4v) is 3.80. The Kier molecular flexibility index (Phi) is 3.99. The first-order valence-electron chi connectivity index (χ1n) is 7.87. The van der Waals surface area contributed by atoms with Gasteiger partial charge in [0.05, 0.1) is 7.11 Å². The highest BCUT2D eigenvalue weighted by molar-refractivity contribution is 5.43. The van der Waals surface area contributed by atoms with Gasteiger partial charge in [0, 0.05) is 18.6 Å². The molecule has 1 aliphatic carbocycles. The van der Waals surface area contributed by atoms with Crippen LogP contribution in [0.3, 0.4) is 0 Å². The number of likely N-dealkylation sites (N-methyl/N-ethyl adjacent to an activating group) is 1. The first kappa shape index (κ1) is 13.9. The smallest absolute Gasteiger partial charge is 0.119 e. The van der Waals surface area contributed by atoms with Gasteiger partial charge < -0.3 is 10.1 Å². The molecule has 0 radical (unpaired) electrons. The van der Waals surface area contributed by atoms with Crippen LogP contribution in [0.4, 0.5) is 0 Å². The number of ether oxygens (including phenoxy) is 1. The van der Waals surface area contributed by atoms with Crippen molar-refractivity contribution in [3.05, 3.63) is 29.3 Å². The Morgan fingerprint density at radius 2 is 2.25 bits per heavy atom. The Bertz CT molecular complexity index is 474. The van der Waals surface area contributed by atoms with Gasteiger partial charge in [-0.25, -0.2) is 0 Å². The van der Waals surface area contributed by atoms with E-state index in [4.69, 9.17) is 4.74 Å². The van der Waals surface area contributed by atoms with E-state index in [2.05, 4.69) is 42.3 Å². The fraction of sp³-hybridized carbons (Fsp3) is 0.647. The maximum absolute atomic E-state index is 5.40. The summed E-state index contributed by atoms with van der Waals surface area (Å²) >= 11 is 0. The van der Waals surface area contributed by atoms with Crippen LogP contribution in [-0.2, 0) is 6.42 Å². The number of methoxy groups -OCH3 is 1. The second-order valence-electron chi connectivity index (χ2n) is 6.26. The van der Waals surface area contributed by atoms with Crippen molar-refractivity contribution in [1.29, 1.82) is 0 Å². The summed E-state index contributed by atoms with van der Waals surface area (Å²) in [5.74, 6) is 1.82. The molecule has 0 aromatic heterocycles. The average molecular weight is 274 g/mol. The van der Waals surface area contributed by atoms with E-state index in [1.807, 2.05) is 0 Å². The van der Waals surface area contributed by atoms with Crippen molar-refractivity contribution < 1.29 is 4.74 Å². The number of nitrogens with zero attached hydrogens (tertiary/aromatic N) is 1. The molecular formula is C17H26N2O. The number of fused-ring (bicyclic) bond motifs is 1. The van der Waals surface area contributed by atoms with Crippen molar-refractivity contribution in [2.24, 2.45) is 5.92 Å². The lowest BCUT2D eigenvalue weighted by Gasteiger charge is -2.30. The van der Waals surface area contributed by atoms with Gasteiger partial charge >= 0.3 is 0 Å². The Morgan fingerprint density at radius 3 is 2.90 bits per heavy atom. The summed E-state index contributed by atoms with van der Waals surface area (Å²) in [5, 5.41) is 3.70. The van der Waals surface area contributed by atoms with Crippen molar-refractivity contribution >= 4 is 0 Å². The molecule has 1 aromatic rings. The molecule has 1 aromatic carbocycles. The van der Waals surface area contributed by atoms with Crippen LogP contribution in [0, 0.1) is 5.92 Å². The van der Waals surface area contributed by atoms with Crippen LogP contribution in [0.5, 0.6) is 5.75 Å². The number of likely N-dealkylation sites (tertiary alicyclic amines) is 1. The number of nitrogens with one attached hydrogen (secondary N) is 1. The number of rotatable bonds is 4. The molecule has 3 unspecified atom stereocenters. The zero-order valence-electron chi connectivity index (χ0n) is 12.9. The predicted molar refractivity (Wildman–Crippen MR) is 82.3 cm³/mol. The number of hydrogen-bond donors (Lipinski definition) is 1. The molecule has 0 saturated carbocycles. The van der Waals surface area contributed by atoms with Crippen molar-refractivity contribution in [3.8, 4) is 5.75 Å². The molecule has 3 rings (SSSR count). The van der Waals surface area contributed by atoms with Gasteiger partial charge in [0.25, 0.3) is 0 Å². The first-order chi connectivity index (χ1) is 9.72. The van der Waals surface area contributed by atoms with Crippen LogP contribution >= 0.6 is 0 Å². The molecule has 0 spiro atoms. The Labute approximate surface area is 122 Å². The number of benzene rings is 1. The molecule has 110 valence electrons. The average Bonchev–Trinajstić information content (AvgIpc) is 3.03. The van der Waals surface area contributed by atoms with Gasteiger partial charge in [0.15, 0.2) is 0 Å². The van der Waals surface area contributed by atoms with Crippen LogP contribution in [-0.4, -0.2) is 37.7 Å². The molecule has 3 heteroatoms. The summed E-state index contributed by atoms with van der Waals surface area (Å²) < 4.78 is 5.40. The molecular weight excluding hydrogens is 248 g/mol. The normalized spacial score (nSPS) is 29.6. The summed E-state index contributed by atoms with van der Waals surface area (Å²) in [7, 11) is 1.75. The third-order valence-electron chi connectivity index (χ3n) is 4.85. The third-order valence-corrected chi connectivity index (χ3v) is 4.85. The van der Waals surface area contributed by atoms with Gasteiger partial charge in [0.1, 0.15) is 5.75 Å². The molecule has 1 N–H and O–H groups in total. The maximum atomic E-state index is 5.40. The summed E-state index contributed by atoms with van der Waals surface area (Å²) in [6, 6.07) is 7.63. The maximum Gasteiger partial charge on any atom is 0.119 e. The second kappa shape index (κ2) is 5.74. The lowest BCUT2D eigenvalue weighted by Crippen LogP contribution is -2.41. The topological polar surface area (TPSA) is 24.5 Å². The molecule has 3 atom stereocenters. The molecule has 1 saturated heterocycles. The van der Waals surface area contributed by atoms with Gasteiger partial charge in [-0.05, 0) is 55.1 Å². The Hall–Kier alpha value is -1.06. The quantitative estimate of drug-likeness (QED) is 0.913. The van der Waals surface area contributed by atoms with E-state index >= 15 is 0 Å². The van der Waals surface area contributed by atoms with Gasteiger partial charge in [-0.3, -0.25) is 4.90 Å². The molecule has 1 heterocycles. The summed E-state index contributed by atoms with van der Waals surface area (Å²) in [6.07, 6.45) is 2.51. The van der Waals surface area contributed by atoms with Crippen LogP contribution in [0.1, 0.15) is 37.4 Å². The standard InChI is InChI=1S/C17H26N2O/c1-4-18-17-15-10-14(20-3)6-5-13(15)9-16(17)19-8-7-12(2)11-19/h5-6,10,12,16-18H,4,7-9,11H2,1-3H3. The lowest BCUT2D eigenvalue weighted by atomic mass is 10.1. The summed E-state index contributed by atoms with van der Waals surface area (Å²) in [4.78, 5) is 2.68. The van der Waals surface area contributed by atoms with E-state index in [1.165, 1.54) is 37.1 Å². The highest BCUT2D eigenvalue weighted by Crippen LogP contribution is 2.38. The van der Waals surface area contributed by atoms with E-state index in [0.717, 1.165) is 18.2 Å². The van der Waals surface area contributed by atoms with Crippen LogP contribution in [0.15, 0.2) is 18.2 Å². The van der Waals surface area contributed by atoms with Crippen LogP contribution in [0.2, 0.25) is 0 Å². The second-order valence-corrected chi connectivity index (χ2v) is 6.26. The first-order valence-corrected chi connectivity index (χ1v) is 7.87. The minimum Gasteiger partial charge on any atom is -0.497 e. The van der Waals surface area contributed by atoms with E-state index in [9.17, 15) is 0 Å². The minimum atomic E-state index is 0.454. The van der Waals surface area contributed by atoms with Crippen molar-refractivity contribution in [3.63, 3.8) is 0 Å². The molecule has 20 heavy (non-hydrogen) atoms. The highest BCUT2D eigenvalue weighted by atomic mass is 16.5. The Balaban J connectivity index is 1.86. The van der Waals surface area contributed by atoms with Gasteiger partial charge in [-0.2, -0.15) is 0 Å². The van der Waals surface area contributed by atoms with E-state index in [0.29, 0.717) is 12.1 Å². The van der Waals surface area contributed by atoms with Crippen molar-refractivity contribution in [1.82, 2.24) is 10.2 Å². The zero-order chi connectivity index (χ0) is 14.1. The predicted octanol–water partition coefficient (Wildman–Crippen LogP) is 2.61. The number of hydrogen-bond acceptors (Lipinski definition) is 3. The van der Waals surface area contributed by atoms with Crippen molar-refractivity contribution in [2.75, 3.05) is 26.7 Å². The van der Waals surface area contributed by atoms with Crippen molar-refractivity contribution in [2.45, 2.75) is 38.8 Å². The monoisotopic (exact) mass is 274 g/mol. The molecule has 0 bridgehead atoms. The molecule has 3 nitrogen and oxygen atoms in total. The highest BCUT2D eigenvalue weighted by Gasteiger charge is 2.38. The van der Waals surface area contributed by atoms with Crippen LogP contribution < -0.4 is 10.1 Å². The summed E-state index contributed by atoms with van der Waals surface area (Å²) in [5.41, 5.74) is 2.93. The van der Waals surface area contributed by atoms with E-state index < -0.39 is 0 Å². The zero-order valence-corrected chi connectivity index (χ0v) is 12.9. The van der Waals surface area contributed by atoms with E-state index in [-0.39, 0.29) is 0 Å². The molecule has 1 fully saturated rings. The SMILES string of the molecule is CCNC1c2cc(OC)ccc2CC1N1CCC(C)C1. The minimum absolute atomic E-state index is 0.454. The largest absolute Gasteiger partial charge is 0.497 e. The fourth-order valence-electron chi connectivity index (χ4n) is 3.80. The molecule has 0 amide bonds. The van der Waals surface area contributed by atoms with Gasteiger partial charge in [-0.15, -0.1) is 0 Å². The summed E-state index contributed by atoms with van der Waals surface area (Å²) in [6.45, 7) is 8.08. The van der Waals surface area contributed by atoms with Gasteiger partial charge in [0.2, 0.25) is 0 Å². The third kappa shape index (κ3) is 2.45. The molecule has 2 aliphatic rings. The Morgan fingerprint density at radius 1 is 1.40 bits per heavy atom. The van der Waals surface area contributed by atoms with E-state index in [1.54, 1.807) is 7.11 Å². The molecule has 1 aliphatic heterocycles.